The van der Waals surface area contributed by atoms with Crippen molar-refractivity contribution < 1.29 is 0 Å². The highest BCUT2D eigenvalue weighted by atomic mass is 32.1. The van der Waals surface area contributed by atoms with E-state index in [0.29, 0.717) is 0 Å². The van der Waals surface area contributed by atoms with E-state index in [9.17, 15) is 0 Å². The van der Waals surface area contributed by atoms with Gasteiger partial charge in [-0.3, -0.25) is 4.98 Å². The number of pyridine rings is 1. The van der Waals surface area contributed by atoms with E-state index in [4.69, 9.17) is 0 Å². The molecule has 0 aliphatic heterocycles. The molecule has 0 aliphatic rings. The smallest absolute Gasteiger partial charge is 0.0719 e. The van der Waals surface area contributed by atoms with Crippen molar-refractivity contribution in [3.05, 3.63) is 48.7 Å². The molecule has 0 spiro atoms. The van der Waals surface area contributed by atoms with Gasteiger partial charge in [0.05, 0.1) is 5.52 Å². The Morgan fingerprint density at radius 2 is 1.80 bits per heavy atom. The van der Waals surface area contributed by atoms with Gasteiger partial charge in [-0.2, -0.15) is 0 Å². The van der Waals surface area contributed by atoms with Gasteiger partial charge >= 0.3 is 0 Å². The molecule has 0 N–H and O–H groups in total. The third-order valence-corrected chi connectivity index (χ3v) is 2.97. The van der Waals surface area contributed by atoms with Crippen molar-refractivity contribution in [2.75, 3.05) is 0 Å². The van der Waals surface area contributed by atoms with Crippen LogP contribution in [0.1, 0.15) is 0 Å². The lowest BCUT2D eigenvalue weighted by Gasteiger charge is -2.04. The topological polar surface area (TPSA) is 12.9 Å². The van der Waals surface area contributed by atoms with E-state index in [-0.39, 0.29) is 0 Å². The Morgan fingerprint density at radius 3 is 2.73 bits per heavy atom. The molecule has 1 aromatic heterocycles. The third-order valence-electron chi connectivity index (χ3n) is 2.59. The fourth-order valence-corrected chi connectivity index (χ4v) is 2.21. The van der Waals surface area contributed by atoms with Gasteiger partial charge in [-0.15, -0.1) is 12.6 Å². The largest absolute Gasteiger partial charge is 0.256 e. The predicted molar refractivity (Wildman–Crippen MR) is 66.5 cm³/mol. The van der Waals surface area contributed by atoms with Crippen LogP contribution < -0.4 is 0 Å². The van der Waals surface area contributed by atoms with Crippen molar-refractivity contribution in [1.82, 2.24) is 4.98 Å². The molecule has 2 heteroatoms. The Balaban J connectivity index is 2.64. The van der Waals surface area contributed by atoms with Crippen LogP contribution in [0.5, 0.6) is 0 Å². The lowest BCUT2D eigenvalue weighted by molar-refractivity contribution is 1.42. The molecule has 0 amide bonds. The lowest BCUT2D eigenvalue weighted by atomic mass is 10.1. The van der Waals surface area contributed by atoms with Gasteiger partial charge in [-0.1, -0.05) is 30.3 Å². The minimum atomic E-state index is 0.983. The molecule has 0 unspecified atom stereocenters. The Bertz CT molecular complexity index is 646. The third kappa shape index (κ3) is 1.29. The molecular weight excluding hydrogens is 202 g/mol. The fraction of sp³-hybridized carbons (Fsp3) is 0. The molecule has 72 valence electrons. The summed E-state index contributed by atoms with van der Waals surface area (Å²) in [4.78, 5) is 5.40. The summed E-state index contributed by atoms with van der Waals surface area (Å²) in [7, 11) is 0. The summed E-state index contributed by atoms with van der Waals surface area (Å²) in [6.45, 7) is 0. The lowest BCUT2D eigenvalue weighted by Crippen LogP contribution is -1.82. The van der Waals surface area contributed by atoms with Crippen LogP contribution in [0.4, 0.5) is 0 Å². The summed E-state index contributed by atoms with van der Waals surface area (Å²) in [6, 6.07) is 14.2. The maximum atomic E-state index is 4.49. The molecule has 1 nitrogen and oxygen atoms in total. The van der Waals surface area contributed by atoms with E-state index in [1.165, 1.54) is 5.39 Å². The first-order chi connectivity index (χ1) is 7.36. The summed E-state index contributed by atoms with van der Waals surface area (Å²) >= 11 is 4.49. The maximum absolute atomic E-state index is 4.49. The summed E-state index contributed by atoms with van der Waals surface area (Å²) < 4.78 is 0. The van der Waals surface area contributed by atoms with E-state index in [2.05, 4.69) is 29.7 Å². The number of thiol groups is 1. The van der Waals surface area contributed by atoms with Crippen LogP contribution in [0, 0.1) is 0 Å². The maximum Gasteiger partial charge on any atom is 0.0719 e. The highest BCUT2D eigenvalue weighted by Gasteiger charge is 2.03. The highest BCUT2D eigenvalue weighted by Crippen LogP contribution is 2.28. The number of fused-ring (bicyclic) bond motifs is 3. The zero-order valence-corrected chi connectivity index (χ0v) is 8.91. The second kappa shape index (κ2) is 3.24. The molecule has 15 heavy (non-hydrogen) atoms. The van der Waals surface area contributed by atoms with E-state index in [1.807, 2.05) is 36.5 Å². The molecule has 0 bridgehead atoms. The standard InChI is InChI=1S/C13H9NS/c15-12-7-3-6-11-13(12)10-5-2-1-4-9(10)8-14-11/h1-8,15H. The van der Waals surface area contributed by atoms with Crippen molar-refractivity contribution in [2.24, 2.45) is 0 Å². The van der Waals surface area contributed by atoms with Crippen LogP contribution in [0.2, 0.25) is 0 Å². The number of benzene rings is 2. The zero-order valence-electron chi connectivity index (χ0n) is 8.01. The van der Waals surface area contributed by atoms with Gasteiger partial charge in [0.1, 0.15) is 0 Å². The Morgan fingerprint density at radius 1 is 0.933 bits per heavy atom. The van der Waals surface area contributed by atoms with E-state index in [0.717, 1.165) is 21.2 Å². The van der Waals surface area contributed by atoms with Gasteiger partial charge in [-0.25, -0.2) is 0 Å². The first-order valence-electron chi connectivity index (χ1n) is 4.82. The summed E-state index contributed by atoms with van der Waals surface area (Å²) in [5.41, 5.74) is 1.00. The molecule has 0 radical (unpaired) electrons. The Labute approximate surface area is 93.2 Å². The Kier molecular flexibility index (Phi) is 1.89. The minimum Gasteiger partial charge on any atom is -0.256 e. The van der Waals surface area contributed by atoms with Crippen molar-refractivity contribution in [1.29, 1.82) is 0 Å². The fourth-order valence-electron chi connectivity index (χ4n) is 1.89. The van der Waals surface area contributed by atoms with E-state index < -0.39 is 0 Å². The van der Waals surface area contributed by atoms with Gasteiger partial charge in [0.2, 0.25) is 0 Å². The first-order valence-corrected chi connectivity index (χ1v) is 5.26. The van der Waals surface area contributed by atoms with Crippen LogP contribution in [0.15, 0.2) is 53.6 Å². The van der Waals surface area contributed by atoms with Crippen molar-refractivity contribution in [3.8, 4) is 0 Å². The second-order valence-corrected chi connectivity index (χ2v) is 4.00. The van der Waals surface area contributed by atoms with Crippen LogP contribution >= 0.6 is 12.6 Å². The predicted octanol–water partition coefficient (Wildman–Crippen LogP) is 3.68. The first kappa shape index (κ1) is 8.74. The van der Waals surface area contributed by atoms with Crippen molar-refractivity contribution in [2.45, 2.75) is 4.90 Å². The molecule has 0 atom stereocenters. The molecule has 3 rings (SSSR count). The van der Waals surface area contributed by atoms with Crippen molar-refractivity contribution >= 4 is 34.3 Å². The molecule has 3 aromatic rings. The molecule has 0 fully saturated rings. The molecular formula is C13H9NS. The van der Waals surface area contributed by atoms with Crippen LogP contribution in [-0.2, 0) is 0 Å². The monoisotopic (exact) mass is 211 g/mol. The van der Waals surface area contributed by atoms with Crippen LogP contribution in [0.25, 0.3) is 21.7 Å². The van der Waals surface area contributed by atoms with Gasteiger partial charge in [0.25, 0.3) is 0 Å². The van der Waals surface area contributed by atoms with Gasteiger partial charge in [0, 0.05) is 21.9 Å². The number of hydrogen-bond acceptors (Lipinski definition) is 2. The van der Waals surface area contributed by atoms with Crippen LogP contribution in [0.3, 0.4) is 0 Å². The highest BCUT2D eigenvalue weighted by molar-refractivity contribution is 7.80. The quantitative estimate of drug-likeness (QED) is 0.442. The van der Waals surface area contributed by atoms with Gasteiger partial charge in [0.15, 0.2) is 0 Å². The summed E-state index contributed by atoms with van der Waals surface area (Å²) in [6.07, 6.45) is 1.91. The summed E-state index contributed by atoms with van der Waals surface area (Å²) in [5.74, 6) is 0. The number of rotatable bonds is 0. The van der Waals surface area contributed by atoms with Gasteiger partial charge < -0.3 is 0 Å². The molecule has 0 saturated carbocycles. The molecule has 2 aromatic carbocycles. The van der Waals surface area contributed by atoms with Gasteiger partial charge in [-0.05, 0) is 17.5 Å². The molecule has 0 aliphatic carbocycles. The normalized spacial score (nSPS) is 11.0. The van der Waals surface area contributed by atoms with Crippen LogP contribution in [-0.4, -0.2) is 4.98 Å². The zero-order chi connectivity index (χ0) is 10.3. The average Bonchev–Trinajstić information content (AvgIpc) is 2.29. The Hall–Kier alpha value is -1.54. The number of nitrogens with zero attached hydrogens (tertiary/aromatic N) is 1. The number of aromatic nitrogens is 1. The summed E-state index contributed by atoms with van der Waals surface area (Å²) in [5, 5.41) is 3.51. The molecule has 0 saturated heterocycles. The van der Waals surface area contributed by atoms with E-state index >= 15 is 0 Å². The van der Waals surface area contributed by atoms with E-state index in [1.54, 1.807) is 0 Å². The SMILES string of the molecule is Sc1cccc2ncc3ccccc3c12. The van der Waals surface area contributed by atoms with Crippen molar-refractivity contribution in [3.63, 3.8) is 0 Å². The average molecular weight is 211 g/mol. The minimum absolute atomic E-state index is 0.983. The molecule has 1 heterocycles. The second-order valence-electron chi connectivity index (χ2n) is 3.52. The number of hydrogen-bond donors (Lipinski definition) is 1.